The van der Waals surface area contributed by atoms with Crippen LogP contribution in [0.3, 0.4) is 0 Å². The lowest BCUT2D eigenvalue weighted by Crippen LogP contribution is -2.67. The van der Waals surface area contributed by atoms with Crippen LogP contribution in [0.5, 0.6) is 0 Å². The molecule has 0 aromatic heterocycles. The molecule has 40 heavy (non-hydrogen) atoms. The number of carbonyl (C=O) groups is 4. The lowest BCUT2D eigenvalue weighted by Gasteiger charge is -2.42. The minimum absolute atomic E-state index is 0.0733. The molecule has 0 saturated carbocycles. The summed E-state index contributed by atoms with van der Waals surface area (Å²) in [5.74, 6) is -1.37. The number of primary amides is 1. The van der Waals surface area contributed by atoms with Gasteiger partial charge in [-0.1, -0.05) is 48.5 Å². The van der Waals surface area contributed by atoms with Gasteiger partial charge in [-0.15, -0.1) is 0 Å². The third kappa shape index (κ3) is 6.05. The van der Waals surface area contributed by atoms with E-state index in [1.54, 1.807) is 20.8 Å². The monoisotopic (exact) mass is 550 g/mol. The zero-order chi connectivity index (χ0) is 29.3. The van der Waals surface area contributed by atoms with Gasteiger partial charge in [0, 0.05) is 19.0 Å². The molecular formula is C30H38N4O6. The minimum atomic E-state index is -1.41. The molecule has 1 aliphatic heterocycles. The van der Waals surface area contributed by atoms with Crippen LogP contribution >= 0.6 is 0 Å². The van der Waals surface area contributed by atoms with E-state index in [2.05, 4.69) is 34.9 Å². The Kier molecular flexibility index (Phi) is 7.83. The first-order valence-corrected chi connectivity index (χ1v) is 13.5. The molecule has 1 aliphatic carbocycles. The highest BCUT2D eigenvalue weighted by atomic mass is 16.6. The lowest BCUT2D eigenvalue weighted by molar-refractivity contribution is -0.135. The predicted molar refractivity (Wildman–Crippen MR) is 149 cm³/mol. The van der Waals surface area contributed by atoms with E-state index in [9.17, 15) is 19.2 Å². The van der Waals surface area contributed by atoms with Crippen molar-refractivity contribution < 1.29 is 28.7 Å². The number of alkyl carbamates (subject to hydrolysis) is 1. The maximum Gasteiger partial charge on any atom is 0.409 e. The van der Waals surface area contributed by atoms with Crippen molar-refractivity contribution >= 4 is 24.0 Å². The van der Waals surface area contributed by atoms with Crippen molar-refractivity contribution in [1.29, 1.82) is 0 Å². The van der Waals surface area contributed by atoms with Gasteiger partial charge in [-0.3, -0.25) is 9.59 Å². The fourth-order valence-corrected chi connectivity index (χ4v) is 5.13. The Bertz CT molecular complexity index is 1260. The van der Waals surface area contributed by atoms with Gasteiger partial charge in [0.2, 0.25) is 11.8 Å². The van der Waals surface area contributed by atoms with Gasteiger partial charge >= 0.3 is 12.2 Å². The van der Waals surface area contributed by atoms with Crippen LogP contribution in [-0.4, -0.2) is 65.3 Å². The van der Waals surface area contributed by atoms with E-state index in [1.165, 1.54) is 18.7 Å². The molecule has 4 amide bonds. The fourth-order valence-electron chi connectivity index (χ4n) is 5.13. The van der Waals surface area contributed by atoms with Crippen molar-refractivity contribution in [2.45, 2.75) is 70.1 Å². The lowest BCUT2D eigenvalue weighted by atomic mass is 9.85. The Hall–Kier alpha value is -4.08. The number of hydrogen-bond acceptors (Lipinski definition) is 6. The van der Waals surface area contributed by atoms with Crippen LogP contribution < -0.4 is 16.4 Å². The second-order valence-electron chi connectivity index (χ2n) is 11.9. The highest BCUT2D eigenvalue weighted by Crippen LogP contribution is 2.44. The van der Waals surface area contributed by atoms with E-state index in [0.717, 1.165) is 22.3 Å². The average Bonchev–Trinajstić information content (AvgIpc) is 3.20. The normalized spacial score (nSPS) is 16.4. The summed E-state index contributed by atoms with van der Waals surface area (Å²) in [6.07, 6.45) is -1.08. The van der Waals surface area contributed by atoms with Crippen LogP contribution in [0.25, 0.3) is 11.1 Å². The highest BCUT2D eigenvalue weighted by molar-refractivity contribution is 5.95. The first-order valence-electron chi connectivity index (χ1n) is 13.5. The molecule has 1 saturated heterocycles. The van der Waals surface area contributed by atoms with Gasteiger partial charge in [0.05, 0.1) is 0 Å². The Morgan fingerprint density at radius 3 is 1.95 bits per heavy atom. The van der Waals surface area contributed by atoms with Crippen LogP contribution in [0.2, 0.25) is 0 Å². The van der Waals surface area contributed by atoms with E-state index >= 15 is 0 Å². The molecule has 0 unspecified atom stereocenters. The van der Waals surface area contributed by atoms with E-state index in [4.69, 9.17) is 15.2 Å². The van der Waals surface area contributed by atoms with Crippen molar-refractivity contribution in [3.05, 3.63) is 59.7 Å². The summed E-state index contributed by atoms with van der Waals surface area (Å²) in [6, 6.07) is 16.2. The average molecular weight is 551 g/mol. The third-order valence-electron chi connectivity index (χ3n) is 7.43. The van der Waals surface area contributed by atoms with Gasteiger partial charge in [0.1, 0.15) is 23.3 Å². The highest BCUT2D eigenvalue weighted by Gasteiger charge is 2.47. The van der Waals surface area contributed by atoms with Gasteiger partial charge in [0.15, 0.2) is 0 Å². The SMILES string of the molecule is CC(C)(C)OC(=O)NC1(C(=O)NC(C)(C)C(N)=O)CCN(C(=O)OCC2c3ccccc3-c3ccccc32)CC1. The summed E-state index contributed by atoms with van der Waals surface area (Å²) in [5.41, 5.74) is 6.42. The molecule has 0 atom stereocenters. The van der Waals surface area contributed by atoms with Gasteiger partial charge in [-0.2, -0.15) is 0 Å². The Labute approximate surface area is 234 Å². The molecule has 10 heteroatoms. The number of nitrogens with one attached hydrogen (secondary N) is 2. The predicted octanol–water partition coefficient (Wildman–Crippen LogP) is 3.67. The van der Waals surface area contributed by atoms with Crippen LogP contribution in [0.1, 0.15) is 64.5 Å². The van der Waals surface area contributed by atoms with Gasteiger partial charge in [-0.05, 0) is 69.7 Å². The largest absolute Gasteiger partial charge is 0.448 e. The number of rotatable bonds is 6. The molecule has 2 aromatic rings. The van der Waals surface area contributed by atoms with Crippen molar-refractivity contribution in [3.8, 4) is 11.1 Å². The van der Waals surface area contributed by atoms with Crippen LogP contribution in [-0.2, 0) is 19.1 Å². The Balaban J connectivity index is 1.44. The second kappa shape index (κ2) is 10.8. The number of amides is 4. The van der Waals surface area contributed by atoms with Crippen molar-refractivity contribution in [2.75, 3.05) is 19.7 Å². The number of nitrogens with zero attached hydrogens (tertiary/aromatic N) is 1. The van der Waals surface area contributed by atoms with Crippen molar-refractivity contribution in [1.82, 2.24) is 15.5 Å². The molecule has 0 spiro atoms. The quantitative estimate of drug-likeness (QED) is 0.501. The third-order valence-corrected chi connectivity index (χ3v) is 7.43. The molecule has 0 bridgehead atoms. The van der Waals surface area contributed by atoms with E-state index in [0.29, 0.717) is 0 Å². The summed E-state index contributed by atoms with van der Waals surface area (Å²) in [5, 5.41) is 5.35. The summed E-state index contributed by atoms with van der Waals surface area (Å²) in [7, 11) is 0. The second-order valence-corrected chi connectivity index (χ2v) is 11.9. The molecule has 0 radical (unpaired) electrons. The summed E-state index contributed by atoms with van der Waals surface area (Å²) in [4.78, 5) is 52.6. The number of ether oxygens (including phenoxy) is 2. The molecule has 1 fully saturated rings. The number of likely N-dealkylation sites (tertiary alicyclic amines) is 1. The van der Waals surface area contributed by atoms with Crippen molar-refractivity contribution in [2.24, 2.45) is 5.73 Å². The summed E-state index contributed by atoms with van der Waals surface area (Å²) >= 11 is 0. The number of benzene rings is 2. The number of fused-ring (bicyclic) bond motifs is 3. The summed E-state index contributed by atoms with van der Waals surface area (Å²) in [6.45, 7) is 8.60. The first kappa shape index (κ1) is 28.9. The molecule has 214 valence electrons. The minimum Gasteiger partial charge on any atom is -0.448 e. The first-order chi connectivity index (χ1) is 18.7. The maximum absolute atomic E-state index is 13.4. The molecule has 2 aliphatic rings. The van der Waals surface area contributed by atoms with E-state index in [1.807, 2.05) is 24.3 Å². The van der Waals surface area contributed by atoms with Crippen LogP contribution in [0, 0.1) is 0 Å². The van der Waals surface area contributed by atoms with E-state index in [-0.39, 0.29) is 38.5 Å². The van der Waals surface area contributed by atoms with Crippen LogP contribution in [0.15, 0.2) is 48.5 Å². The zero-order valence-electron chi connectivity index (χ0n) is 23.7. The topological polar surface area (TPSA) is 140 Å². The van der Waals surface area contributed by atoms with Crippen LogP contribution in [0.4, 0.5) is 9.59 Å². The number of hydrogen-bond donors (Lipinski definition) is 3. The number of piperidine rings is 1. The molecule has 4 rings (SSSR count). The number of nitrogens with two attached hydrogens (primary N) is 1. The molecule has 2 aromatic carbocycles. The smallest absolute Gasteiger partial charge is 0.409 e. The van der Waals surface area contributed by atoms with Gasteiger partial charge < -0.3 is 30.7 Å². The van der Waals surface area contributed by atoms with Gasteiger partial charge in [-0.25, -0.2) is 9.59 Å². The number of carbonyl (C=O) groups excluding carboxylic acids is 4. The molecule has 4 N–H and O–H groups in total. The van der Waals surface area contributed by atoms with E-state index < -0.39 is 40.7 Å². The summed E-state index contributed by atoms with van der Waals surface area (Å²) < 4.78 is 11.2. The zero-order valence-corrected chi connectivity index (χ0v) is 23.7. The molecular weight excluding hydrogens is 512 g/mol. The Morgan fingerprint density at radius 1 is 0.925 bits per heavy atom. The van der Waals surface area contributed by atoms with Gasteiger partial charge in [0.25, 0.3) is 0 Å². The standard InChI is InChI=1S/C30H38N4O6/c1-28(2,3)40-26(37)33-30(25(36)32-29(4,5)24(31)35)14-16-34(17-15-30)27(38)39-18-23-21-12-8-6-10-19(21)20-11-7-9-13-22(20)23/h6-13,23H,14-18H2,1-5H3,(H2,31,35)(H,32,36)(H,33,37). The fraction of sp³-hybridized carbons (Fsp3) is 0.467. The van der Waals surface area contributed by atoms with Crippen molar-refractivity contribution in [3.63, 3.8) is 0 Å². The maximum atomic E-state index is 13.4. The Morgan fingerprint density at radius 2 is 1.45 bits per heavy atom. The molecule has 10 nitrogen and oxygen atoms in total. The molecule has 1 heterocycles.